The molecule has 2 aromatic rings. The lowest BCUT2D eigenvalue weighted by Crippen LogP contribution is -2.37. The highest BCUT2D eigenvalue weighted by Crippen LogP contribution is 2.40. The predicted octanol–water partition coefficient (Wildman–Crippen LogP) is 6.02. The number of nitrogens with one attached hydrogen (secondary N) is 2. The quantitative estimate of drug-likeness (QED) is 0.603. The Morgan fingerprint density at radius 2 is 1.90 bits per heavy atom. The molecule has 1 saturated heterocycles. The van der Waals surface area contributed by atoms with Crippen molar-refractivity contribution in [3.63, 3.8) is 0 Å². The lowest BCUT2D eigenvalue weighted by molar-refractivity contribution is -0.120. The molecule has 1 aliphatic heterocycles. The van der Waals surface area contributed by atoms with Crippen molar-refractivity contribution in [3.8, 4) is 0 Å². The second-order valence-corrected chi connectivity index (χ2v) is 9.02. The molecule has 0 bridgehead atoms. The van der Waals surface area contributed by atoms with Gasteiger partial charge in [0.25, 0.3) is 0 Å². The molecule has 0 radical (unpaired) electrons. The molecule has 0 spiro atoms. The van der Waals surface area contributed by atoms with E-state index >= 15 is 0 Å². The summed E-state index contributed by atoms with van der Waals surface area (Å²) in [7, 11) is 0. The van der Waals surface area contributed by atoms with E-state index in [4.69, 9.17) is 23.2 Å². The molecule has 2 aliphatic rings. The number of hydrogen-bond acceptors (Lipinski definition) is 2. The molecule has 1 aliphatic carbocycles. The number of benzene rings is 2. The molecule has 154 valence electrons. The monoisotopic (exact) mass is 434 g/mol. The third kappa shape index (κ3) is 4.60. The second-order valence-electron chi connectivity index (χ2n) is 8.18. The zero-order valence-electron chi connectivity index (χ0n) is 16.1. The third-order valence-electron chi connectivity index (χ3n) is 6.30. The van der Waals surface area contributed by atoms with Crippen LogP contribution in [0.1, 0.15) is 43.6 Å². The Morgan fingerprint density at radius 3 is 2.66 bits per heavy atom. The Hall–Kier alpha value is -1.62. The first-order valence-electron chi connectivity index (χ1n) is 10.3. The van der Waals surface area contributed by atoms with Gasteiger partial charge < -0.3 is 10.6 Å². The largest absolute Gasteiger partial charge is 0.326 e. The highest BCUT2D eigenvalue weighted by molar-refractivity contribution is 6.31. The summed E-state index contributed by atoms with van der Waals surface area (Å²) in [6.45, 7) is 0.558. The minimum atomic E-state index is -0.428. The zero-order valence-corrected chi connectivity index (χ0v) is 17.6. The SMILES string of the molecule is O=C(Nc1cccc(Cl)c1)C1C(CC2CCCC2)NCC1c1cccc(Cl)c1F. The summed E-state index contributed by atoms with van der Waals surface area (Å²) in [5, 5.41) is 7.16. The van der Waals surface area contributed by atoms with Crippen molar-refractivity contribution in [1.29, 1.82) is 0 Å². The Bertz CT molecular complexity index is 885. The van der Waals surface area contributed by atoms with Crippen molar-refractivity contribution in [3.05, 3.63) is 63.9 Å². The van der Waals surface area contributed by atoms with E-state index in [1.807, 2.05) is 6.07 Å². The summed E-state index contributed by atoms with van der Waals surface area (Å²) in [6, 6.07) is 12.1. The topological polar surface area (TPSA) is 41.1 Å². The molecular weight excluding hydrogens is 410 g/mol. The van der Waals surface area contributed by atoms with E-state index in [0.717, 1.165) is 6.42 Å². The molecule has 2 N–H and O–H groups in total. The van der Waals surface area contributed by atoms with Crippen LogP contribution in [0.2, 0.25) is 10.0 Å². The molecule has 1 heterocycles. The van der Waals surface area contributed by atoms with Crippen LogP contribution in [0, 0.1) is 17.7 Å². The summed E-state index contributed by atoms with van der Waals surface area (Å²) in [5.74, 6) is -0.550. The summed E-state index contributed by atoms with van der Waals surface area (Å²) >= 11 is 12.1. The van der Waals surface area contributed by atoms with Crippen LogP contribution < -0.4 is 10.6 Å². The number of amides is 1. The first-order valence-corrected chi connectivity index (χ1v) is 11.0. The van der Waals surface area contributed by atoms with Gasteiger partial charge in [-0.15, -0.1) is 0 Å². The van der Waals surface area contributed by atoms with Gasteiger partial charge in [0.15, 0.2) is 0 Å². The standard InChI is InChI=1S/C23H25Cl2FN2O/c24-15-7-3-8-16(12-15)28-23(29)21-18(17-9-4-10-19(25)22(17)26)13-27-20(21)11-14-5-1-2-6-14/h3-4,7-10,12,14,18,20-21,27H,1-2,5-6,11,13H2,(H,28,29). The zero-order chi connectivity index (χ0) is 20.4. The van der Waals surface area contributed by atoms with E-state index in [1.165, 1.54) is 25.7 Å². The van der Waals surface area contributed by atoms with Crippen LogP contribution in [0.4, 0.5) is 10.1 Å². The Labute approximate surface area is 181 Å². The highest BCUT2D eigenvalue weighted by Gasteiger charge is 2.43. The lowest BCUT2D eigenvalue weighted by Gasteiger charge is -2.26. The van der Waals surface area contributed by atoms with Crippen molar-refractivity contribution >= 4 is 34.8 Å². The van der Waals surface area contributed by atoms with Crippen molar-refractivity contribution < 1.29 is 9.18 Å². The fourth-order valence-corrected chi connectivity index (χ4v) is 5.29. The predicted molar refractivity (Wildman–Crippen MR) is 116 cm³/mol. The van der Waals surface area contributed by atoms with Gasteiger partial charge in [0, 0.05) is 29.2 Å². The fourth-order valence-electron chi connectivity index (χ4n) is 4.92. The number of carbonyl (C=O) groups excluding carboxylic acids is 1. The van der Waals surface area contributed by atoms with E-state index in [0.29, 0.717) is 28.7 Å². The van der Waals surface area contributed by atoms with Crippen LogP contribution in [-0.4, -0.2) is 18.5 Å². The van der Waals surface area contributed by atoms with Gasteiger partial charge in [-0.2, -0.15) is 0 Å². The highest BCUT2D eigenvalue weighted by atomic mass is 35.5. The molecule has 0 aromatic heterocycles. The van der Waals surface area contributed by atoms with Crippen molar-refractivity contribution in [2.24, 2.45) is 11.8 Å². The maximum absolute atomic E-state index is 14.8. The fraction of sp³-hybridized carbons (Fsp3) is 0.435. The van der Waals surface area contributed by atoms with Crippen molar-refractivity contribution in [2.45, 2.75) is 44.1 Å². The van der Waals surface area contributed by atoms with Crippen LogP contribution >= 0.6 is 23.2 Å². The van der Waals surface area contributed by atoms with Gasteiger partial charge in [0.05, 0.1) is 10.9 Å². The average molecular weight is 435 g/mol. The molecule has 1 amide bonds. The Morgan fingerprint density at radius 1 is 1.14 bits per heavy atom. The van der Waals surface area contributed by atoms with E-state index in [1.54, 1.807) is 36.4 Å². The van der Waals surface area contributed by atoms with E-state index in [-0.39, 0.29) is 28.8 Å². The number of rotatable bonds is 5. The van der Waals surface area contributed by atoms with Gasteiger partial charge in [-0.3, -0.25) is 4.79 Å². The molecule has 3 atom stereocenters. The normalized spacial score (nSPS) is 24.7. The molecule has 4 rings (SSSR count). The van der Waals surface area contributed by atoms with Crippen LogP contribution in [0.25, 0.3) is 0 Å². The maximum Gasteiger partial charge on any atom is 0.229 e. The second kappa shape index (κ2) is 9.03. The van der Waals surface area contributed by atoms with Crippen LogP contribution in [0.3, 0.4) is 0 Å². The number of anilines is 1. The van der Waals surface area contributed by atoms with Crippen molar-refractivity contribution in [1.82, 2.24) is 5.32 Å². The molecule has 2 fully saturated rings. The number of carbonyl (C=O) groups is 1. The smallest absolute Gasteiger partial charge is 0.229 e. The van der Waals surface area contributed by atoms with Gasteiger partial charge in [-0.1, -0.05) is 67.1 Å². The summed E-state index contributed by atoms with van der Waals surface area (Å²) < 4.78 is 14.8. The first kappa shape index (κ1) is 20.6. The minimum absolute atomic E-state index is 0.0145. The summed E-state index contributed by atoms with van der Waals surface area (Å²) in [4.78, 5) is 13.3. The van der Waals surface area contributed by atoms with Gasteiger partial charge in [0.2, 0.25) is 5.91 Å². The van der Waals surface area contributed by atoms with Gasteiger partial charge in [-0.05, 0) is 42.2 Å². The average Bonchev–Trinajstić information content (AvgIpc) is 3.34. The molecule has 3 nitrogen and oxygen atoms in total. The Balaban J connectivity index is 1.61. The van der Waals surface area contributed by atoms with Crippen LogP contribution in [0.15, 0.2) is 42.5 Å². The van der Waals surface area contributed by atoms with E-state index in [9.17, 15) is 9.18 Å². The molecule has 3 unspecified atom stereocenters. The van der Waals surface area contributed by atoms with Gasteiger partial charge >= 0.3 is 0 Å². The summed E-state index contributed by atoms with van der Waals surface area (Å²) in [5.41, 5.74) is 1.16. The maximum atomic E-state index is 14.8. The van der Waals surface area contributed by atoms with Gasteiger partial charge in [0.1, 0.15) is 5.82 Å². The summed E-state index contributed by atoms with van der Waals surface area (Å²) in [6.07, 6.45) is 5.85. The van der Waals surface area contributed by atoms with Gasteiger partial charge in [-0.25, -0.2) is 4.39 Å². The van der Waals surface area contributed by atoms with Crippen LogP contribution in [0.5, 0.6) is 0 Å². The number of halogens is 3. The van der Waals surface area contributed by atoms with E-state index in [2.05, 4.69) is 10.6 Å². The van der Waals surface area contributed by atoms with E-state index < -0.39 is 5.82 Å². The lowest BCUT2D eigenvalue weighted by atomic mass is 9.81. The first-order chi connectivity index (χ1) is 14.0. The molecular formula is C23H25Cl2FN2O. The third-order valence-corrected chi connectivity index (χ3v) is 6.83. The Kier molecular flexibility index (Phi) is 6.43. The molecule has 29 heavy (non-hydrogen) atoms. The van der Waals surface area contributed by atoms with Crippen molar-refractivity contribution in [2.75, 3.05) is 11.9 Å². The minimum Gasteiger partial charge on any atom is -0.326 e. The molecule has 1 saturated carbocycles. The number of hydrogen-bond donors (Lipinski definition) is 2. The molecule has 2 aromatic carbocycles. The van der Waals surface area contributed by atoms with Crippen LogP contribution in [-0.2, 0) is 4.79 Å². The molecule has 6 heteroatoms.